The molecule has 1 heterocycles. The fourth-order valence-corrected chi connectivity index (χ4v) is 3.60. The number of hydrogen-bond donors (Lipinski definition) is 0. The molecule has 0 radical (unpaired) electrons. The number of hydrogen-bond acceptors (Lipinski definition) is 2. The standard InChI is InChI=1S/C21H42N2/c1-4-7-9-10-11-12-13-14-16-21-22(17-6-3)19-20-23(21)18-15-8-5-2/h19-21H,4-18H2,1-3H3. The van der Waals surface area contributed by atoms with Crippen molar-refractivity contribution in [1.82, 2.24) is 9.80 Å². The normalized spacial score (nSPS) is 17.4. The maximum Gasteiger partial charge on any atom is 0.101 e. The fraction of sp³-hybridized carbons (Fsp3) is 0.905. The van der Waals surface area contributed by atoms with Crippen LogP contribution in [-0.2, 0) is 0 Å². The van der Waals surface area contributed by atoms with Crippen LogP contribution in [0.3, 0.4) is 0 Å². The minimum absolute atomic E-state index is 0.645. The van der Waals surface area contributed by atoms with Crippen LogP contribution in [-0.4, -0.2) is 29.1 Å². The second-order valence-electron chi connectivity index (χ2n) is 7.23. The smallest absolute Gasteiger partial charge is 0.101 e. The molecule has 0 aliphatic carbocycles. The first kappa shape index (κ1) is 20.4. The molecular weight excluding hydrogens is 280 g/mol. The Labute approximate surface area is 146 Å². The van der Waals surface area contributed by atoms with Gasteiger partial charge in [0.25, 0.3) is 0 Å². The van der Waals surface area contributed by atoms with Crippen molar-refractivity contribution < 1.29 is 0 Å². The maximum atomic E-state index is 2.60. The quantitative estimate of drug-likeness (QED) is 0.316. The summed E-state index contributed by atoms with van der Waals surface area (Å²) < 4.78 is 0. The Morgan fingerprint density at radius 2 is 1.09 bits per heavy atom. The molecule has 0 saturated heterocycles. The molecule has 0 spiro atoms. The predicted molar refractivity (Wildman–Crippen MR) is 103 cm³/mol. The third kappa shape index (κ3) is 8.67. The lowest BCUT2D eigenvalue weighted by atomic mass is 10.1. The van der Waals surface area contributed by atoms with Gasteiger partial charge in [-0.3, -0.25) is 0 Å². The Morgan fingerprint density at radius 1 is 0.565 bits per heavy atom. The van der Waals surface area contributed by atoms with Gasteiger partial charge in [-0.05, 0) is 25.7 Å². The van der Waals surface area contributed by atoms with E-state index in [1.54, 1.807) is 0 Å². The van der Waals surface area contributed by atoms with E-state index < -0.39 is 0 Å². The summed E-state index contributed by atoms with van der Waals surface area (Å²) in [6.07, 6.45) is 23.3. The van der Waals surface area contributed by atoms with E-state index in [2.05, 4.69) is 43.0 Å². The summed E-state index contributed by atoms with van der Waals surface area (Å²) in [5.74, 6) is 0. The molecule has 1 unspecified atom stereocenters. The summed E-state index contributed by atoms with van der Waals surface area (Å²) in [6.45, 7) is 9.33. The van der Waals surface area contributed by atoms with Gasteiger partial charge in [-0.25, -0.2) is 0 Å². The minimum atomic E-state index is 0.645. The van der Waals surface area contributed by atoms with Gasteiger partial charge >= 0.3 is 0 Å². The van der Waals surface area contributed by atoms with E-state index >= 15 is 0 Å². The largest absolute Gasteiger partial charge is 0.356 e. The Kier molecular flexibility index (Phi) is 12.2. The van der Waals surface area contributed by atoms with Crippen molar-refractivity contribution in [2.45, 2.75) is 110 Å². The van der Waals surface area contributed by atoms with E-state index in [-0.39, 0.29) is 0 Å². The zero-order valence-electron chi connectivity index (χ0n) is 16.2. The number of nitrogens with zero attached hydrogens (tertiary/aromatic N) is 2. The van der Waals surface area contributed by atoms with Crippen molar-refractivity contribution in [3.63, 3.8) is 0 Å². The Hall–Kier alpha value is -0.660. The first-order chi connectivity index (χ1) is 11.3. The van der Waals surface area contributed by atoms with Crippen molar-refractivity contribution in [2.24, 2.45) is 0 Å². The van der Waals surface area contributed by atoms with Gasteiger partial charge < -0.3 is 9.80 Å². The van der Waals surface area contributed by atoms with E-state index in [4.69, 9.17) is 0 Å². The molecule has 0 aromatic rings. The van der Waals surface area contributed by atoms with Crippen molar-refractivity contribution in [3.8, 4) is 0 Å². The molecular formula is C21H42N2. The summed E-state index contributed by atoms with van der Waals surface area (Å²) >= 11 is 0. The molecule has 0 amide bonds. The first-order valence-corrected chi connectivity index (χ1v) is 10.5. The summed E-state index contributed by atoms with van der Waals surface area (Å²) in [5.41, 5.74) is 0. The van der Waals surface area contributed by atoms with Gasteiger partial charge in [0.2, 0.25) is 0 Å². The molecule has 0 saturated carbocycles. The summed E-state index contributed by atoms with van der Waals surface area (Å²) in [6, 6.07) is 0. The zero-order valence-corrected chi connectivity index (χ0v) is 16.2. The van der Waals surface area contributed by atoms with Gasteiger partial charge in [-0.2, -0.15) is 0 Å². The van der Waals surface area contributed by atoms with Gasteiger partial charge in [0, 0.05) is 25.5 Å². The Morgan fingerprint density at radius 3 is 1.70 bits per heavy atom. The van der Waals surface area contributed by atoms with Crippen LogP contribution in [0.1, 0.15) is 104 Å². The second kappa shape index (κ2) is 13.7. The molecule has 0 aromatic carbocycles. The molecule has 2 nitrogen and oxygen atoms in total. The molecule has 1 atom stereocenters. The number of unbranched alkanes of at least 4 members (excludes halogenated alkanes) is 9. The molecule has 1 aliphatic heterocycles. The topological polar surface area (TPSA) is 6.48 Å². The second-order valence-corrected chi connectivity index (χ2v) is 7.23. The summed E-state index contributed by atoms with van der Waals surface area (Å²) in [5, 5.41) is 0. The molecule has 0 N–H and O–H groups in total. The average molecular weight is 323 g/mol. The van der Waals surface area contributed by atoms with E-state index in [0.717, 1.165) is 0 Å². The van der Waals surface area contributed by atoms with Crippen molar-refractivity contribution in [1.29, 1.82) is 0 Å². The third-order valence-electron chi connectivity index (χ3n) is 5.03. The van der Waals surface area contributed by atoms with Gasteiger partial charge in [0.15, 0.2) is 0 Å². The lowest BCUT2D eigenvalue weighted by Gasteiger charge is -2.33. The van der Waals surface area contributed by atoms with E-state index in [1.165, 1.54) is 96.6 Å². The van der Waals surface area contributed by atoms with Crippen LogP contribution in [0.4, 0.5) is 0 Å². The average Bonchev–Trinajstić information content (AvgIpc) is 2.93. The van der Waals surface area contributed by atoms with Crippen LogP contribution in [0, 0.1) is 0 Å². The van der Waals surface area contributed by atoms with Crippen LogP contribution in [0.5, 0.6) is 0 Å². The Bertz CT molecular complexity index is 288. The highest BCUT2D eigenvalue weighted by Gasteiger charge is 2.24. The summed E-state index contributed by atoms with van der Waals surface area (Å²) in [4.78, 5) is 5.18. The first-order valence-electron chi connectivity index (χ1n) is 10.5. The molecule has 0 bridgehead atoms. The van der Waals surface area contributed by atoms with E-state index in [0.29, 0.717) is 6.17 Å². The molecule has 1 rings (SSSR count). The van der Waals surface area contributed by atoms with Crippen LogP contribution in [0.25, 0.3) is 0 Å². The number of rotatable bonds is 15. The highest BCUT2D eigenvalue weighted by Crippen LogP contribution is 2.22. The van der Waals surface area contributed by atoms with Crippen LogP contribution >= 0.6 is 0 Å². The van der Waals surface area contributed by atoms with Crippen molar-refractivity contribution in [2.75, 3.05) is 13.1 Å². The third-order valence-corrected chi connectivity index (χ3v) is 5.03. The highest BCUT2D eigenvalue weighted by atomic mass is 15.4. The van der Waals surface area contributed by atoms with Crippen molar-refractivity contribution in [3.05, 3.63) is 12.4 Å². The van der Waals surface area contributed by atoms with Crippen LogP contribution < -0.4 is 0 Å². The van der Waals surface area contributed by atoms with Gasteiger partial charge in [-0.15, -0.1) is 0 Å². The maximum absolute atomic E-state index is 2.60. The summed E-state index contributed by atoms with van der Waals surface area (Å²) in [7, 11) is 0. The molecule has 0 aromatic heterocycles. The highest BCUT2D eigenvalue weighted by molar-refractivity contribution is 4.96. The van der Waals surface area contributed by atoms with Crippen LogP contribution in [0.2, 0.25) is 0 Å². The van der Waals surface area contributed by atoms with Gasteiger partial charge in [0.05, 0.1) is 0 Å². The van der Waals surface area contributed by atoms with E-state index in [1.807, 2.05) is 0 Å². The zero-order chi connectivity index (χ0) is 16.8. The Balaban J connectivity index is 2.20. The van der Waals surface area contributed by atoms with Gasteiger partial charge in [0.1, 0.15) is 6.17 Å². The molecule has 0 fully saturated rings. The molecule has 23 heavy (non-hydrogen) atoms. The molecule has 1 aliphatic rings. The monoisotopic (exact) mass is 322 g/mol. The van der Waals surface area contributed by atoms with Gasteiger partial charge in [-0.1, -0.05) is 78.6 Å². The van der Waals surface area contributed by atoms with Crippen LogP contribution in [0.15, 0.2) is 12.4 Å². The van der Waals surface area contributed by atoms with Crippen molar-refractivity contribution >= 4 is 0 Å². The SMILES string of the molecule is CCCCCCCCCCC1N(CCC)C=CN1CCCCC. The molecule has 136 valence electrons. The minimum Gasteiger partial charge on any atom is -0.356 e. The fourth-order valence-electron chi connectivity index (χ4n) is 3.60. The lowest BCUT2D eigenvalue weighted by molar-refractivity contribution is 0.137. The van der Waals surface area contributed by atoms with E-state index in [9.17, 15) is 0 Å². The lowest BCUT2D eigenvalue weighted by Crippen LogP contribution is -2.39. The molecule has 2 heteroatoms. The predicted octanol–water partition coefficient (Wildman–Crippen LogP) is 6.53.